The number of nitrogens with zero attached hydrogens (tertiary/aromatic N) is 1. The van der Waals surface area contributed by atoms with Crippen LogP contribution in [0.5, 0.6) is 0 Å². The number of piperidine rings is 1. The number of nitrogens with one attached hydrogen (secondary N) is 2. The Bertz CT molecular complexity index is 224. The number of rotatable bonds is 4. The van der Waals surface area contributed by atoms with Gasteiger partial charge >= 0.3 is 0 Å². The Morgan fingerprint density at radius 2 is 2.06 bits per heavy atom. The van der Waals surface area contributed by atoms with Crippen molar-refractivity contribution in [2.45, 2.75) is 71.0 Å². The van der Waals surface area contributed by atoms with E-state index < -0.39 is 0 Å². The van der Waals surface area contributed by atoms with E-state index in [1.54, 1.807) is 0 Å². The molecule has 3 heteroatoms. The average Bonchev–Trinajstić information content (AvgIpc) is 2.75. The fourth-order valence-corrected chi connectivity index (χ4v) is 3.33. The molecule has 2 saturated heterocycles. The first-order valence-electron chi connectivity index (χ1n) is 7.48. The quantitative estimate of drug-likeness (QED) is 0.787. The van der Waals surface area contributed by atoms with Crippen molar-refractivity contribution in [1.29, 1.82) is 0 Å². The lowest BCUT2D eigenvalue weighted by Gasteiger charge is -2.29. The minimum atomic E-state index is 0.661. The molecule has 0 aromatic heterocycles. The molecule has 0 amide bonds. The summed E-state index contributed by atoms with van der Waals surface area (Å²) in [6, 6.07) is 2.09. The normalized spacial score (nSPS) is 35.6. The Labute approximate surface area is 106 Å². The van der Waals surface area contributed by atoms with Crippen molar-refractivity contribution in [2.75, 3.05) is 13.1 Å². The van der Waals surface area contributed by atoms with Crippen LogP contribution in [0.15, 0.2) is 0 Å². The fraction of sp³-hybridized carbons (Fsp3) is 1.00. The zero-order valence-corrected chi connectivity index (χ0v) is 11.7. The number of hydrogen-bond donors (Lipinski definition) is 2. The van der Waals surface area contributed by atoms with Gasteiger partial charge in [-0.1, -0.05) is 27.2 Å². The monoisotopic (exact) mass is 239 g/mol. The van der Waals surface area contributed by atoms with Gasteiger partial charge in [0.25, 0.3) is 0 Å². The molecule has 3 nitrogen and oxygen atoms in total. The summed E-state index contributed by atoms with van der Waals surface area (Å²) in [6.07, 6.45) is 6.66. The second kappa shape index (κ2) is 6.17. The molecule has 2 rings (SSSR count). The molecule has 0 saturated carbocycles. The first kappa shape index (κ1) is 13.3. The summed E-state index contributed by atoms with van der Waals surface area (Å²) in [7, 11) is 0. The molecule has 3 atom stereocenters. The molecule has 2 fully saturated rings. The highest BCUT2D eigenvalue weighted by Gasteiger charge is 2.37. The summed E-state index contributed by atoms with van der Waals surface area (Å²) >= 11 is 0. The van der Waals surface area contributed by atoms with E-state index in [0.717, 1.165) is 12.0 Å². The zero-order chi connectivity index (χ0) is 12.3. The third-order valence-electron chi connectivity index (χ3n) is 4.30. The number of hydrogen-bond acceptors (Lipinski definition) is 3. The highest BCUT2D eigenvalue weighted by molar-refractivity contribution is 4.93. The summed E-state index contributed by atoms with van der Waals surface area (Å²) in [6.45, 7) is 9.37. The first-order valence-corrected chi connectivity index (χ1v) is 7.48. The standard InChI is InChI=1S/C14H29N3/c1-4-9-17-14(11(2)3)10-13(16-17)12-7-5-6-8-15-12/h11-16H,4-10H2,1-3H3. The lowest BCUT2D eigenvalue weighted by atomic mass is 9.91. The van der Waals surface area contributed by atoms with E-state index in [1.807, 2.05) is 0 Å². The van der Waals surface area contributed by atoms with Crippen LogP contribution in [-0.4, -0.2) is 36.2 Å². The second-order valence-corrected chi connectivity index (χ2v) is 6.03. The van der Waals surface area contributed by atoms with E-state index in [2.05, 4.69) is 36.5 Å². The van der Waals surface area contributed by atoms with Crippen molar-refractivity contribution in [3.63, 3.8) is 0 Å². The van der Waals surface area contributed by atoms with Crippen LogP contribution in [0.2, 0.25) is 0 Å². The van der Waals surface area contributed by atoms with Crippen molar-refractivity contribution in [1.82, 2.24) is 15.8 Å². The summed E-state index contributed by atoms with van der Waals surface area (Å²) in [5, 5.41) is 6.20. The molecule has 0 aromatic carbocycles. The largest absolute Gasteiger partial charge is 0.312 e. The summed E-state index contributed by atoms with van der Waals surface area (Å²) < 4.78 is 0. The predicted molar refractivity (Wildman–Crippen MR) is 72.8 cm³/mol. The Morgan fingerprint density at radius 3 is 2.65 bits per heavy atom. The lowest BCUT2D eigenvalue weighted by molar-refractivity contribution is 0.141. The van der Waals surface area contributed by atoms with Crippen LogP contribution >= 0.6 is 0 Å². The minimum absolute atomic E-state index is 0.661. The Kier molecular flexibility index (Phi) is 4.83. The van der Waals surface area contributed by atoms with Gasteiger partial charge in [0.15, 0.2) is 0 Å². The molecule has 0 aliphatic carbocycles. The van der Waals surface area contributed by atoms with Gasteiger partial charge in [-0.15, -0.1) is 0 Å². The van der Waals surface area contributed by atoms with Crippen LogP contribution in [0.4, 0.5) is 0 Å². The van der Waals surface area contributed by atoms with Crippen LogP contribution in [0, 0.1) is 5.92 Å². The van der Waals surface area contributed by atoms with E-state index in [1.165, 1.54) is 45.2 Å². The van der Waals surface area contributed by atoms with Gasteiger partial charge < -0.3 is 5.32 Å². The zero-order valence-electron chi connectivity index (χ0n) is 11.7. The van der Waals surface area contributed by atoms with Crippen LogP contribution in [-0.2, 0) is 0 Å². The maximum Gasteiger partial charge on any atom is 0.0384 e. The van der Waals surface area contributed by atoms with Crippen LogP contribution in [0.1, 0.15) is 52.9 Å². The molecule has 2 heterocycles. The van der Waals surface area contributed by atoms with E-state index in [4.69, 9.17) is 0 Å². The molecular weight excluding hydrogens is 210 g/mol. The molecular formula is C14H29N3. The topological polar surface area (TPSA) is 27.3 Å². The van der Waals surface area contributed by atoms with Crippen LogP contribution in [0.3, 0.4) is 0 Å². The third-order valence-corrected chi connectivity index (χ3v) is 4.30. The van der Waals surface area contributed by atoms with Gasteiger partial charge in [-0.25, -0.2) is 5.01 Å². The predicted octanol–water partition coefficient (Wildman–Crippen LogP) is 2.14. The van der Waals surface area contributed by atoms with E-state index in [-0.39, 0.29) is 0 Å². The fourth-order valence-electron chi connectivity index (χ4n) is 3.33. The Morgan fingerprint density at radius 1 is 1.24 bits per heavy atom. The van der Waals surface area contributed by atoms with Gasteiger partial charge in [0.2, 0.25) is 0 Å². The third kappa shape index (κ3) is 3.21. The van der Waals surface area contributed by atoms with E-state index >= 15 is 0 Å². The SMILES string of the molecule is CCCN1NC(C2CCCCN2)CC1C(C)C. The minimum Gasteiger partial charge on any atom is -0.312 e. The van der Waals surface area contributed by atoms with Crippen LogP contribution < -0.4 is 10.7 Å². The van der Waals surface area contributed by atoms with E-state index in [9.17, 15) is 0 Å². The average molecular weight is 239 g/mol. The maximum absolute atomic E-state index is 3.76. The molecule has 0 radical (unpaired) electrons. The van der Waals surface area contributed by atoms with Gasteiger partial charge in [0.1, 0.15) is 0 Å². The highest BCUT2D eigenvalue weighted by atomic mass is 15.6. The molecule has 17 heavy (non-hydrogen) atoms. The molecule has 0 aromatic rings. The highest BCUT2D eigenvalue weighted by Crippen LogP contribution is 2.26. The van der Waals surface area contributed by atoms with Gasteiger partial charge in [-0.05, 0) is 38.1 Å². The smallest absolute Gasteiger partial charge is 0.0384 e. The lowest BCUT2D eigenvalue weighted by Crippen LogP contribution is -2.50. The molecule has 3 unspecified atom stereocenters. The molecule has 0 spiro atoms. The molecule has 2 aliphatic rings. The Balaban J connectivity index is 1.92. The van der Waals surface area contributed by atoms with Gasteiger partial charge in [-0.3, -0.25) is 5.43 Å². The van der Waals surface area contributed by atoms with Gasteiger partial charge in [0.05, 0.1) is 0 Å². The van der Waals surface area contributed by atoms with Crippen molar-refractivity contribution in [3.8, 4) is 0 Å². The summed E-state index contributed by atoms with van der Waals surface area (Å²) in [5.74, 6) is 0.752. The summed E-state index contributed by atoms with van der Waals surface area (Å²) in [5.41, 5.74) is 3.76. The molecule has 0 bridgehead atoms. The summed E-state index contributed by atoms with van der Waals surface area (Å²) in [4.78, 5) is 0. The molecule has 100 valence electrons. The second-order valence-electron chi connectivity index (χ2n) is 6.03. The molecule has 2 aliphatic heterocycles. The number of hydrazine groups is 1. The van der Waals surface area contributed by atoms with Crippen molar-refractivity contribution in [2.24, 2.45) is 5.92 Å². The van der Waals surface area contributed by atoms with Crippen LogP contribution in [0.25, 0.3) is 0 Å². The van der Waals surface area contributed by atoms with Gasteiger partial charge in [-0.2, -0.15) is 0 Å². The maximum atomic E-state index is 3.76. The van der Waals surface area contributed by atoms with Crippen molar-refractivity contribution in [3.05, 3.63) is 0 Å². The van der Waals surface area contributed by atoms with Gasteiger partial charge in [0, 0.05) is 24.7 Å². The van der Waals surface area contributed by atoms with Crippen molar-refractivity contribution >= 4 is 0 Å². The van der Waals surface area contributed by atoms with Crippen molar-refractivity contribution < 1.29 is 0 Å². The molecule has 2 N–H and O–H groups in total. The first-order chi connectivity index (χ1) is 8.22. The van der Waals surface area contributed by atoms with E-state index in [0.29, 0.717) is 12.1 Å². The Hall–Kier alpha value is -0.120.